The van der Waals surface area contributed by atoms with Crippen LogP contribution in [-0.4, -0.2) is 68.7 Å². The summed E-state index contributed by atoms with van der Waals surface area (Å²) in [5, 5.41) is 12.5. The molecule has 194 valence electrons. The van der Waals surface area contributed by atoms with Crippen molar-refractivity contribution in [3.8, 4) is 11.5 Å². The van der Waals surface area contributed by atoms with Crippen LogP contribution in [0.25, 0.3) is 0 Å². The highest BCUT2D eigenvalue weighted by Gasteiger charge is 2.77. The van der Waals surface area contributed by atoms with Gasteiger partial charge in [0, 0.05) is 18.0 Å². The molecule has 1 aromatic carbocycles. The van der Waals surface area contributed by atoms with Crippen molar-refractivity contribution < 1.29 is 23.7 Å². The zero-order valence-corrected chi connectivity index (χ0v) is 23.5. The van der Waals surface area contributed by atoms with E-state index in [0.29, 0.717) is 42.7 Å². The number of likely N-dealkylation sites (N-methyl/N-ethyl adjacent to an activating group) is 1. The SMILES string of the molecule is CC(C)[Si](Oc1ccc2c3c1OC1C4(CC[C@@]5(O)C(C2)N(C)CCC315)OCCO4)(C(C)C)C(C)C. The minimum absolute atomic E-state index is 0.0711. The Morgan fingerprint density at radius 1 is 1.00 bits per heavy atom. The van der Waals surface area contributed by atoms with E-state index in [-0.39, 0.29) is 12.1 Å². The van der Waals surface area contributed by atoms with E-state index in [4.69, 9.17) is 18.6 Å². The van der Waals surface area contributed by atoms with E-state index in [1.807, 2.05) is 0 Å². The Kier molecular flexibility index (Phi) is 5.33. The maximum absolute atomic E-state index is 12.5. The van der Waals surface area contributed by atoms with Gasteiger partial charge in [-0.15, -0.1) is 0 Å². The first-order valence-electron chi connectivity index (χ1n) is 13.8. The summed E-state index contributed by atoms with van der Waals surface area (Å²) in [7, 11) is -0.0361. The third-order valence-electron chi connectivity index (χ3n) is 10.5. The molecule has 1 aromatic rings. The monoisotopic (exact) mass is 501 g/mol. The highest BCUT2D eigenvalue weighted by atomic mass is 28.4. The molecule has 3 unspecified atom stereocenters. The lowest BCUT2D eigenvalue weighted by molar-refractivity contribution is -0.295. The first kappa shape index (κ1) is 24.2. The Bertz CT molecular complexity index is 999. The van der Waals surface area contributed by atoms with Gasteiger partial charge in [-0.3, -0.25) is 0 Å². The summed E-state index contributed by atoms with van der Waals surface area (Å²) >= 11 is 0. The summed E-state index contributed by atoms with van der Waals surface area (Å²) in [4.78, 5) is 2.36. The van der Waals surface area contributed by atoms with Crippen molar-refractivity contribution in [1.82, 2.24) is 4.90 Å². The maximum atomic E-state index is 12.5. The number of aliphatic hydroxyl groups is 1. The molecule has 4 atom stereocenters. The van der Waals surface area contributed by atoms with Gasteiger partial charge in [-0.1, -0.05) is 47.6 Å². The lowest BCUT2D eigenvalue weighted by Gasteiger charge is -2.64. The Balaban J connectivity index is 1.56. The van der Waals surface area contributed by atoms with Crippen LogP contribution in [0.3, 0.4) is 0 Å². The number of likely N-dealkylation sites (tertiary alicyclic amines) is 1. The van der Waals surface area contributed by atoms with Crippen molar-refractivity contribution in [3.05, 3.63) is 23.3 Å². The molecule has 1 N–H and O–H groups in total. The minimum atomic E-state index is -2.19. The maximum Gasteiger partial charge on any atom is 0.258 e. The molecule has 35 heavy (non-hydrogen) atoms. The normalized spacial score (nSPS) is 35.2. The van der Waals surface area contributed by atoms with E-state index in [1.54, 1.807) is 0 Å². The fraction of sp³-hybridized carbons (Fsp3) is 0.786. The molecule has 0 aromatic heterocycles. The number of nitrogens with zero attached hydrogens (tertiary/aromatic N) is 1. The number of piperidine rings is 1. The van der Waals surface area contributed by atoms with Gasteiger partial charge < -0.3 is 28.6 Å². The van der Waals surface area contributed by atoms with Gasteiger partial charge in [0.15, 0.2) is 11.9 Å². The van der Waals surface area contributed by atoms with Gasteiger partial charge in [0.2, 0.25) is 5.79 Å². The van der Waals surface area contributed by atoms with E-state index >= 15 is 0 Å². The van der Waals surface area contributed by atoms with Crippen LogP contribution in [0.15, 0.2) is 12.1 Å². The highest BCUT2D eigenvalue weighted by Crippen LogP contribution is 2.68. The molecule has 3 heterocycles. The van der Waals surface area contributed by atoms with E-state index in [0.717, 1.165) is 30.9 Å². The molecule has 6 nitrogen and oxygen atoms in total. The first-order valence-corrected chi connectivity index (χ1v) is 15.9. The van der Waals surface area contributed by atoms with E-state index in [9.17, 15) is 5.11 Å². The van der Waals surface area contributed by atoms with Gasteiger partial charge in [0.05, 0.1) is 24.2 Å². The number of ether oxygens (including phenoxy) is 3. The quantitative estimate of drug-likeness (QED) is 0.587. The lowest BCUT2D eigenvalue weighted by Crippen LogP contribution is -2.79. The second-order valence-corrected chi connectivity index (χ2v) is 18.1. The van der Waals surface area contributed by atoms with Gasteiger partial charge in [0.25, 0.3) is 8.32 Å². The summed E-state index contributed by atoms with van der Waals surface area (Å²) in [6, 6.07) is 4.48. The van der Waals surface area contributed by atoms with Crippen LogP contribution >= 0.6 is 0 Å². The molecule has 1 saturated carbocycles. The zero-order valence-electron chi connectivity index (χ0n) is 22.5. The van der Waals surface area contributed by atoms with Crippen molar-refractivity contribution in [1.29, 1.82) is 0 Å². The molecule has 5 aliphatic rings. The lowest BCUT2D eigenvalue weighted by atomic mass is 9.48. The largest absolute Gasteiger partial charge is 0.540 e. The van der Waals surface area contributed by atoms with Crippen molar-refractivity contribution in [2.24, 2.45) is 0 Å². The molecular formula is C28H43NO5Si. The summed E-state index contributed by atoms with van der Waals surface area (Å²) in [6.45, 7) is 16.0. The Morgan fingerprint density at radius 2 is 1.66 bits per heavy atom. The number of hydrogen-bond acceptors (Lipinski definition) is 6. The van der Waals surface area contributed by atoms with E-state index < -0.39 is 25.1 Å². The Morgan fingerprint density at radius 3 is 2.29 bits per heavy atom. The molecule has 2 saturated heterocycles. The van der Waals surface area contributed by atoms with Crippen LogP contribution in [0.1, 0.15) is 71.9 Å². The zero-order chi connectivity index (χ0) is 25.0. The van der Waals surface area contributed by atoms with Crippen LogP contribution in [0.2, 0.25) is 16.6 Å². The summed E-state index contributed by atoms with van der Waals surface area (Å²) in [5.41, 5.74) is 2.46. The first-order chi connectivity index (χ1) is 16.5. The van der Waals surface area contributed by atoms with Crippen LogP contribution in [0.5, 0.6) is 11.5 Å². The Hall–Kier alpha value is -1.12. The fourth-order valence-electron chi connectivity index (χ4n) is 9.09. The Labute approximate surface area is 211 Å². The highest BCUT2D eigenvalue weighted by molar-refractivity contribution is 6.78. The van der Waals surface area contributed by atoms with Crippen LogP contribution in [0, 0.1) is 0 Å². The van der Waals surface area contributed by atoms with Crippen LogP contribution in [-0.2, 0) is 21.3 Å². The number of fused-ring (bicyclic) bond motifs is 1. The third kappa shape index (κ3) is 2.80. The molecular weight excluding hydrogens is 458 g/mol. The van der Waals surface area contributed by atoms with Gasteiger partial charge in [0.1, 0.15) is 5.75 Å². The standard InChI is InChI=1S/C28H43NO5Si/c1-17(2)35(18(3)4,19(5)6)34-21-9-8-20-16-22-27(30)10-11-28(31-14-15-32-28)25-26(27,12-13-29(22)7)23(20)24(21)33-25/h8-9,17-19,22,25,30H,10-16H2,1-7H3/t22?,25?,26?,27-/m1/s1. The molecule has 3 aliphatic heterocycles. The van der Waals surface area contributed by atoms with Crippen LogP contribution < -0.4 is 9.16 Å². The van der Waals surface area contributed by atoms with Crippen molar-refractivity contribution in [2.45, 2.75) is 113 Å². The minimum Gasteiger partial charge on any atom is -0.540 e. The molecule has 0 amide bonds. The predicted molar refractivity (Wildman–Crippen MR) is 138 cm³/mol. The predicted octanol–water partition coefficient (Wildman–Crippen LogP) is 4.77. The summed E-state index contributed by atoms with van der Waals surface area (Å²) in [5.74, 6) is 0.927. The van der Waals surface area contributed by atoms with Gasteiger partial charge in [-0.2, -0.15) is 0 Å². The number of rotatable bonds is 5. The second kappa shape index (κ2) is 7.70. The van der Waals surface area contributed by atoms with Crippen molar-refractivity contribution in [2.75, 3.05) is 26.8 Å². The smallest absolute Gasteiger partial charge is 0.258 e. The molecule has 2 aliphatic carbocycles. The topological polar surface area (TPSA) is 60.4 Å². The third-order valence-corrected chi connectivity index (χ3v) is 16.5. The molecule has 6 rings (SSSR count). The van der Waals surface area contributed by atoms with Gasteiger partial charge >= 0.3 is 0 Å². The van der Waals surface area contributed by atoms with Crippen molar-refractivity contribution in [3.63, 3.8) is 0 Å². The summed E-state index contributed by atoms with van der Waals surface area (Å²) in [6.07, 6.45) is 2.62. The van der Waals surface area contributed by atoms with Crippen LogP contribution in [0.4, 0.5) is 0 Å². The van der Waals surface area contributed by atoms with E-state index in [1.165, 1.54) is 11.1 Å². The molecule has 2 bridgehead atoms. The fourth-order valence-corrected chi connectivity index (χ4v) is 14.3. The average Bonchev–Trinajstić information content (AvgIpc) is 3.40. The molecule has 3 fully saturated rings. The summed E-state index contributed by atoms with van der Waals surface area (Å²) < 4.78 is 26.9. The molecule has 7 heteroatoms. The average molecular weight is 502 g/mol. The number of benzene rings is 1. The van der Waals surface area contributed by atoms with E-state index in [2.05, 4.69) is 65.6 Å². The molecule has 2 spiro atoms. The van der Waals surface area contributed by atoms with Gasteiger partial charge in [-0.05, 0) is 61.1 Å². The van der Waals surface area contributed by atoms with Gasteiger partial charge in [-0.25, -0.2) is 0 Å². The van der Waals surface area contributed by atoms with Crippen molar-refractivity contribution >= 4 is 8.32 Å². The molecule has 0 radical (unpaired) electrons. The second-order valence-electron chi connectivity index (χ2n) is 12.7. The number of hydrogen-bond donors (Lipinski definition) is 1.